The van der Waals surface area contributed by atoms with Crippen LogP contribution in [-0.4, -0.2) is 44.9 Å². The molecule has 1 aliphatic heterocycles. The maximum Gasteiger partial charge on any atom is 0.573 e. The van der Waals surface area contributed by atoms with Gasteiger partial charge in [-0.1, -0.05) is 0 Å². The van der Waals surface area contributed by atoms with Gasteiger partial charge in [-0.05, 0) is 44.2 Å². The molecule has 1 fully saturated rings. The summed E-state index contributed by atoms with van der Waals surface area (Å²) in [6, 6.07) is 7.30. The van der Waals surface area contributed by atoms with Gasteiger partial charge in [-0.3, -0.25) is 0 Å². The number of pyridine rings is 1. The zero-order valence-electron chi connectivity index (χ0n) is 16.5. The fourth-order valence-electron chi connectivity index (χ4n) is 3.59. The van der Waals surface area contributed by atoms with E-state index in [0.717, 1.165) is 11.1 Å². The van der Waals surface area contributed by atoms with Gasteiger partial charge in [-0.25, -0.2) is 9.67 Å². The molecule has 0 bridgehead atoms. The molecule has 1 aliphatic rings. The molecule has 4 rings (SSSR count). The van der Waals surface area contributed by atoms with E-state index in [2.05, 4.69) is 19.7 Å². The van der Waals surface area contributed by atoms with Gasteiger partial charge in [-0.2, -0.15) is 5.10 Å². The molecule has 0 saturated carbocycles. The van der Waals surface area contributed by atoms with E-state index >= 15 is 0 Å². The van der Waals surface area contributed by atoms with Crippen LogP contribution in [0.3, 0.4) is 0 Å². The van der Waals surface area contributed by atoms with Crippen molar-refractivity contribution in [3.8, 4) is 11.4 Å². The second kappa shape index (κ2) is 7.13. The Balaban J connectivity index is 1.70. The largest absolute Gasteiger partial charge is 0.573 e. The van der Waals surface area contributed by atoms with Crippen LogP contribution in [0.5, 0.6) is 5.75 Å². The van der Waals surface area contributed by atoms with Crippen molar-refractivity contribution in [3.63, 3.8) is 0 Å². The normalized spacial score (nSPS) is 15.5. The van der Waals surface area contributed by atoms with Crippen molar-refractivity contribution >= 4 is 16.7 Å². The van der Waals surface area contributed by atoms with Crippen molar-refractivity contribution < 1.29 is 23.0 Å². The third kappa shape index (κ3) is 3.80. The molecule has 1 aromatic carbocycles. The minimum atomic E-state index is -4.75. The Morgan fingerprint density at radius 3 is 2.40 bits per heavy atom. The molecule has 2 aromatic heterocycles. The number of halogens is 3. The Morgan fingerprint density at radius 2 is 1.83 bits per heavy atom. The van der Waals surface area contributed by atoms with E-state index in [1.807, 2.05) is 6.07 Å². The lowest BCUT2D eigenvalue weighted by molar-refractivity contribution is -0.274. The molecule has 30 heavy (non-hydrogen) atoms. The van der Waals surface area contributed by atoms with Gasteiger partial charge in [0.25, 0.3) is 0 Å². The predicted octanol–water partition coefficient (Wildman–Crippen LogP) is 2.98. The number of aliphatic hydroxyl groups is 1. The molecule has 160 valence electrons. The molecule has 0 amide bonds. The second-order valence-electron chi connectivity index (χ2n) is 7.89. The molecule has 0 aliphatic carbocycles. The zero-order valence-corrected chi connectivity index (χ0v) is 16.5. The van der Waals surface area contributed by atoms with Gasteiger partial charge >= 0.3 is 6.36 Å². The number of nitrogens with two attached hydrogens (primary N) is 1. The number of alkyl halides is 3. The average molecular weight is 421 g/mol. The Hall–Kier alpha value is -2.85. The van der Waals surface area contributed by atoms with Crippen LogP contribution in [0.15, 0.2) is 36.5 Å². The standard InChI is InChI=1S/C20H22F3N5O2/c1-19(2,29)12-10-27(11-12)16-7-8-25-18-17(16)15(9-24)26-28(18)13-3-5-14(6-4-13)30-20(21,22)23/h3-8,12,29H,9-11,24H2,1-2H3. The van der Waals surface area contributed by atoms with Gasteiger partial charge in [0.2, 0.25) is 0 Å². The van der Waals surface area contributed by atoms with Crippen LogP contribution in [0.4, 0.5) is 18.9 Å². The monoisotopic (exact) mass is 421 g/mol. The molecule has 3 heterocycles. The molecule has 0 radical (unpaired) electrons. The first-order valence-corrected chi connectivity index (χ1v) is 9.47. The third-order valence-corrected chi connectivity index (χ3v) is 5.35. The van der Waals surface area contributed by atoms with Crippen LogP contribution < -0.4 is 15.4 Å². The van der Waals surface area contributed by atoms with Crippen LogP contribution in [0, 0.1) is 5.92 Å². The quantitative estimate of drug-likeness (QED) is 0.659. The highest BCUT2D eigenvalue weighted by Gasteiger charge is 2.38. The minimum absolute atomic E-state index is 0.151. The summed E-state index contributed by atoms with van der Waals surface area (Å²) in [7, 11) is 0. The Morgan fingerprint density at radius 1 is 1.17 bits per heavy atom. The van der Waals surface area contributed by atoms with Gasteiger partial charge < -0.3 is 20.5 Å². The number of rotatable bonds is 5. The maximum absolute atomic E-state index is 12.4. The number of anilines is 1. The summed E-state index contributed by atoms with van der Waals surface area (Å²) < 4.78 is 42.7. The molecule has 3 aromatic rings. The topological polar surface area (TPSA) is 89.4 Å². The number of fused-ring (bicyclic) bond motifs is 1. The first kappa shape index (κ1) is 20.4. The van der Waals surface area contributed by atoms with Crippen molar-refractivity contribution in [3.05, 3.63) is 42.2 Å². The Labute approximate surface area is 170 Å². The zero-order chi connectivity index (χ0) is 21.7. The van der Waals surface area contributed by atoms with E-state index in [9.17, 15) is 18.3 Å². The van der Waals surface area contributed by atoms with E-state index in [-0.39, 0.29) is 18.2 Å². The lowest BCUT2D eigenvalue weighted by atomic mass is 9.84. The number of aromatic nitrogens is 3. The van der Waals surface area contributed by atoms with Gasteiger partial charge in [0.1, 0.15) is 5.75 Å². The van der Waals surface area contributed by atoms with E-state index in [0.29, 0.717) is 30.1 Å². The van der Waals surface area contributed by atoms with Crippen molar-refractivity contribution in [2.45, 2.75) is 32.4 Å². The van der Waals surface area contributed by atoms with Gasteiger partial charge in [0, 0.05) is 31.7 Å². The fraction of sp³-hybridized carbons (Fsp3) is 0.400. The number of nitrogens with zero attached hydrogens (tertiary/aromatic N) is 4. The summed E-state index contributed by atoms with van der Waals surface area (Å²) in [5, 5.41) is 15.5. The average Bonchev–Trinajstić information content (AvgIpc) is 2.98. The summed E-state index contributed by atoms with van der Waals surface area (Å²) in [4.78, 5) is 6.57. The van der Waals surface area contributed by atoms with Crippen molar-refractivity contribution in [2.24, 2.45) is 11.7 Å². The van der Waals surface area contributed by atoms with Crippen LogP contribution in [0.25, 0.3) is 16.7 Å². The van der Waals surface area contributed by atoms with Crippen molar-refractivity contribution in [2.75, 3.05) is 18.0 Å². The molecule has 0 atom stereocenters. The molecular formula is C20H22F3N5O2. The minimum Gasteiger partial charge on any atom is -0.406 e. The summed E-state index contributed by atoms with van der Waals surface area (Å²) in [6.07, 6.45) is -3.09. The van der Waals surface area contributed by atoms with Gasteiger partial charge in [-0.15, -0.1) is 13.2 Å². The highest BCUT2D eigenvalue weighted by Crippen LogP contribution is 2.37. The van der Waals surface area contributed by atoms with Crippen molar-refractivity contribution in [1.82, 2.24) is 14.8 Å². The van der Waals surface area contributed by atoms with Gasteiger partial charge in [0.15, 0.2) is 5.65 Å². The molecule has 3 N–H and O–H groups in total. The fourth-order valence-corrected chi connectivity index (χ4v) is 3.59. The number of hydrogen-bond acceptors (Lipinski definition) is 6. The first-order chi connectivity index (χ1) is 14.1. The third-order valence-electron chi connectivity index (χ3n) is 5.35. The van der Waals surface area contributed by atoms with E-state index in [4.69, 9.17) is 5.73 Å². The van der Waals surface area contributed by atoms with Crippen molar-refractivity contribution in [1.29, 1.82) is 0 Å². The van der Waals surface area contributed by atoms with Crippen LogP contribution in [0.2, 0.25) is 0 Å². The van der Waals surface area contributed by atoms with Crippen LogP contribution >= 0.6 is 0 Å². The smallest absolute Gasteiger partial charge is 0.406 e. The highest BCUT2D eigenvalue weighted by atomic mass is 19.4. The Bertz CT molecular complexity index is 1050. The summed E-state index contributed by atoms with van der Waals surface area (Å²) in [5.74, 6) is -0.160. The summed E-state index contributed by atoms with van der Waals surface area (Å²) >= 11 is 0. The Kier molecular flexibility index (Phi) is 4.86. The summed E-state index contributed by atoms with van der Waals surface area (Å²) in [5.41, 5.74) is 7.81. The molecule has 0 spiro atoms. The number of hydrogen-bond donors (Lipinski definition) is 2. The summed E-state index contributed by atoms with van der Waals surface area (Å²) in [6.45, 7) is 5.17. The van der Waals surface area contributed by atoms with Crippen LogP contribution in [-0.2, 0) is 6.54 Å². The molecular weight excluding hydrogens is 399 g/mol. The maximum atomic E-state index is 12.4. The van der Waals surface area contributed by atoms with Gasteiger partial charge in [0.05, 0.1) is 28.1 Å². The molecule has 0 unspecified atom stereocenters. The second-order valence-corrected chi connectivity index (χ2v) is 7.89. The van der Waals surface area contributed by atoms with E-state index in [1.54, 1.807) is 24.7 Å². The SMILES string of the molecule is CC(C)(O)C1CN(c2ccnc3c2c(CN)nn3-c2ccc(OC(F)(F)F)cc2)C1. The number of ether oxygens (including phenoxy) is 1. The van der Waals surface area contributed by atoms with E-state index < -0.39 is 12.0 Å². The predicted molar refractivity (Wildman–Crippen MR) is 105 cm³/mol. The lowest BCUT2D eigenvalue weighted by Crippen LogP contribution is -2.55. The molecule has 10 heteroatoms. The molecule has 7 nitrogen and oxygen atoms in total. The first-order valence-electron chi connectivity index (χ1n) is 9.47. The lowest BCUT2D eigenvalue weighted by Gasteiger charge is -2.46. The highest BCUT2D eigenvalue weighted by molar-refractivity contribution is 5.93. The molecule has 1 saturated heterocycles. The van der Waals surface area contributed by atoms with Crippen LogP contribution in [0.1, 0.15) is 19.5 Å². The van der Waals surface area contributed by atoms with E-state index in [1.165, 1.54) is 24.3 Å². The number of benzene rings is 1.